The van der Waals surface area contributed by atoms with Crippen LogP contribution in [-0.2, 0) is 4.79 Å². The molecule has 0 aromatic heterocycles. The smallest absolute Gasteiger partial charge is 0.136 e. The normalized spacial score (nSPS) is 26.9. The van der Waals surface area contributed by atoms with Crippen LogP contribution < -0.4 is 0 Å². The van der Waals surface area contributed by atoms with Crippen LogP contribution in [0.2, 0.25) is 5.02 Å². The maximum atomic E-state index is 11.9. The molecule has 0 unspecified atom stereocenters. The molecule has 1 aliphatic rings. The second-order valence-electron chi connectivity index (χ2n) is 5.66. The van der Waals surface area contributed by atoms with Crippen LogP contribution in [0.1, 0.15) is 50.5 Å². The first-order chi connectivity index (χ1) is 9.07. The SMILES string of the molecule is C=CCC1(C(C)=O)CCC(c2ccc(Cl)cc2)CC1. The van der Waals surface area contributed by atoms with Crippen molar-refractivity contribution in [2.75, 3.05) is 0 Å². The molecule has 1 saturated carbocycles. The lowest BCUT2D eigenvalue weighted by Gasteiger charge is -2.38. The Bertz CT molecular complexity index is 453. The average molecular weight is 277 g/mol. The summed E-state index contributed by atoms with van der Waals surface area (Å²) < 4.78 is 0. The summed E-state index contributed by atoms with van der Waals surface area (Å²) in [6.45, 7) is 5.53. The molecule has 1 nitrogen and oxygen atoms in total. The van der Waals surface area contributed by atoms with E-state index in [1.165, 1.54) is 5.56 Å². The summed E-state index contributed by atoms with van der Waals surface area (Å²) in [5, 5.41) is 0.782. The monoisotopic (exact) mass is 276 g/mol. The summed E-state index contributed by atoms with van der Waals surface area (Å²) in [5.41, 5.74) is 1.20. The summed E-state index contributed by atoms with van der Waals surface area (Å²) in [7, 11) is 0. The van der Waals surface area contributed by atoms with Crippen molar-refractivity contribution in [2.45, 2.75) is 44.9 Å². The van der Waals surface area contributed by atoms with Crippen molar-refractivity contribution < 1.29 is 4.79 Å². The van der Waals surface area contributed by atoms with Crippen LogP contribution in [0.3, 0.4) is 0 Å². The van der Waals surface area contributed by atoms with Gasteiger partial charge in [0.1, 0.15) is 5.78 Å². The lowest BCUT2D eigenvalue weighted by atomic mass is 9.65. The Morgan fingerprint density at radius 3 is 2.42 bits per heavy atom. The summed E-state index contributed by atoms with van der Waals surface area (Å²) in [4.78, 5) is 11.9. The van der Waals surface area contributed by atoms with Crippen molar-refractivity contribution >= 4 is 17.4 Å². The van der Waals surface area contributed by atoms with Crippen LogP contribution in [0.5, 0.6) is 0 Å². The molecule has 0 bridgehead atoms. The fraction of sp³-hybridized carbons (Fsp3) is 0.471. The van der Waals surface area contributed by atoms with Gasteiger partial charge in [0, 0.05) is 10.4 Å². The van der Waals surface area contributed by atoms with Gasteiger partial charge in [-0.2, -0.15) is 0 Å². The first kappa shape index (κ1) is 14.3. The highest BCUT2D eigenvalue weighted by Crippen LogP contribution is 2.45. The molecule has 102 valence electrons. The molecule has 0 saturated heterocycles. The molecule has 0 radical (unpaired) electrons. The highest BCUT2D eigenvalue weighted by Gasteiger charge is 2.38. The number of hydrogen-bond donors (Lipinski definition) is 0. The second kappa shape index (κ2) is 5.92. The molecule has 0 amide bonds. The number of carbonyl (C=O) groups is 1. The van der Waals surface area contributed by atoms with Gasteiger partial charge in [-0.1, -0.05) is 29.8 Å². The third-order valence-corrected chi connectivity index (χ3v) is 4.82. The largest absolute Gasteiger partial charge is 0.299 e. The molecule has 2 rings (SSSR count). The molecule has 0 N–H and O–H groups in total. The number of halogens is 1. The Labute approximate surface area is 120 Å². The summed E-state index contributed by atoms with van der Waals surface area (Å²) in [6, 6.07) is 8.13. The lowest BCUT2D eigenvalue weighted by Crippen LogP contribution is -2.33. The van der Waals surface area contributed by atoms with Gasteiger partial charge in [-0.15, -0.1) is 6.58 Å². The topological polar surface area (TPSA) is 17.1 Å². The van der Waals surface area contributed by atoms with Crippen LogP contribution in [-0.4, -0.2) is 5.78 Å². The maximum Gasteiger partial charge on any atom is 0.136 e. The number of ketones is 1. The van der Waals surface area contributed by atoms with Gasteiger partial charge >= 0.3 is 0 Å². The van der Waals surface area contributed by atoms with Crippen molar-refractivity contribution in [3.63, 3.8) is 0 Å². The van der Waals surface area contributed by atoms with E-state index in [4.69, 9.17) is 11.6 Å². The van der Waals surface area contributed by atoms with E-state index in [-0.39, 0.29) is 5.41 Å². The molecular weight excluding hydrogens is 256 g/mol. The predicted molar refractivity (Wildman–Crippen MR) is 80.6 cm³/mol. The number of Topliss-reactive ketones (excluding diaryl/α,β-unsaturated/α-hetero) is 1. The number of hydrogen-bond acceptors (Lipinski definition) is 1. The third kappa shape index (κ3) is 3.09. The molecule has 1 fully saturated rings. The molecule has 1 aromatic rings. The summed E-state index contributed by atoms with van der Waals surface area (Å²) in [6.07, 6.45) is 6.81. The Morgan fingerprint density at radius 1 is 1.37 bits per heavy atom. The van der Waals surface area contributed by atoms with Gasteiger partial charge in [0.15, 0.2) is 0 Å². The standard InChI is InChI=1S/C17H21ClO/c1-3-10-17(13(2)19)11-8-15(9-12-17)14-4-6-16(18)7-5-14/h3-7,15H,1,8-12H2,2H3. The van der Waals surface area contributed by atoms with Crippen molar-refractivity contribution in [3.8, 4) is 0 Å². The fourth-order valence-electron chi connectivity index (χ4n) is 3.21. The van der Waals surface area contributed by atoms with Gasteiger partial charge in [-0.25, -0.2) is 0 Å². The predicted octanol–water partition coefficient (Wildman–Crippen LogP) is 5.15. The van der Waals surface area contributed by atoms with Gasteiger partial charge in [0.05, 0.1) is 0 Å². The van der Waals surface area contributed by atoms with Crippen molar-refractivity contribution in [2.24, 2.45) is 5.41 Å². The zero-order valence-corrected chi connectivity index (χ0v) is 12.2. The van der Waals surface area contributed by atoms with Crippen molar-refractivity contribution in [1.82, 2.24) is 0 Å². The Hall–Kier alpha value is -1.08. The number of benzene rings is 1. The van der Waals surface area contributed by atoms with Crippen LogP contribution in [0, 0.1) is 5.41 Å². The minimum Gasteiger partial charge on any atom is -0.299 e. The average Bonchev–Trinajstić information content (AvgIpc) is 2.41. The number of carbonyl (C=O) groups excluding carboxylic acids is 1. The minimum absolute atomic E-state index is 0.148. The molecule has 19 heavy (non-hydrogen) atoms. The van der Waals surface area contributed by atoms with Crippen LogP contribution in [0.15, 0.2) is 36.9 Å². The molecule has 1 aliphatic carbocycles. The van der Waals surface area contributed by atoms with Gasteiger partial charge in [-0.3, -0.25) is 4.79 Å². The van der Waals surface area contributed by atoms with Crippen LogP contribution >= 0.6 is 11.6 Å². The lowest BCUT2D eigenvalue weighted by molar-refractivity contribution is -0.128. The Morgan fingerprint density at radius 2 is 1.95 bits per heavy atom. The molecule has 0 spiro atoms. The molecule has 1 aromatic carbocycles. The van der Waals surface area contributed by atoms with E-state index in [0.717, 1.165) is 37.1 Å². The van der Waals surface area contributed by atoms with Gasteiger partial charge < -0.3 is 0 Å². The second-order valence-corrected chi connectivity index (χ2v) is 6.09. The molecule has 0 atom stereocenters. The van der Waals surface area contributed by atoms with E-state index in [9.17, 15) is 4.79 Å². The van der Waals surface area contributed by atoms with Crippen LogP contribution in [0.25, 0.3) is 0 Å². The van der Waals surface area contributed by atoms with Gasteiger partial charge in [0.25, 0.3) is 0 Å². The van der Waals surface area contributed by atoms with Crippen molar-refractivity contribution in [1.29, 1.82) is 0 Å². The third-order valence-electron chi connectivity index (χ3n) is 4.57. The van der Waals surface area contributed by atoms with E-state index >= 15 is 0 Å². The van der Waals surface area contributed by atoms with E-state index in [2.05, 4.69) is 18.7 Å². The number of allylic oxidation sites excluding steroid dienone is 1. The Balaban J connectivity index is 2.07. The minimum atomic E-state index is -0.148. The van der Waals surface area contributed by atoms with Gasteiger partial charge in [0.2, 0.25) is 0 Å². The summed E-state index contributed by atoms with van der Waals surface area (Å²) >= 11 is 5.92. The zero-order chi connectivity index (χ0) is 13.9. The first-order valence-electron chi connectivity index (χ1n) is 6.95. The van der Waals surface area contributed by atoms with E-state index in [0.29, 0.717) is 11.7 Å². The number of rotatable bonds is 4. The zero-order valence-electron chi connectivity index (χ0n) is 11.5. The molecular formula is C17H21ClO. The quantitative estimate of drug-likeness (QED) is 0.695. The molecule has 0 heterocycles. The first-order valence-corrected chi connectivity index (χ1v) is 7.32. The van der Waals surface area contributed by atoms with E-state index in [1.54, 1.807) is 6.92 Å². The van der Waals surface area contributed by atoms with Gasteiger partial charge in [-0.05, 0) is 62.6 Å². The fourth-order valence-corrected chi connectivity index (χ4v) is 3.34. The maximum absolute atomic E-state index is 11.9. The molecule has 2 heteroatoms. The Kier molecular flexibility index (Phi) is 4.46. The highest BCUT2D eigenvalue weighted by molar-refractivity contribution is 6.30. The van der Waals surface area contributed by atoms with Crippen molar-refractivity contribution in [3.05, 3.63) is 47.5 Å². The van der Waals surface area contributed by atoms with E-state index in [1.807, 2.05) is 18.2 Å². The van der Waals surface area contributed by atoms with Crippen LogP contribution in [0.4, 0.5) is 0 Å². The molecule has 0 aliphatic heterocycles. The summed E-state index contributed by atoms with van der Waals surface area (Å²) in [5.74, 6) is 0.886. The van der Waals surface area contributed by atoms with E-state index < -0.39 is 0 Å². The highest BCUT2D eigenvalue weighted by atomic mass is 35.5.